The first kappa shape index (κ1) is 17.2. The molecule has 3 aromatic rings. The van der Waals surface area contributed by atoms with Crippen molar-refractivity contribution in [2.45, 2.75) is 18.9 Å². The number of benzene rings is 2. The van der Waals surface area contributed by atoms with Crippen LogP contribution in [0.1, 0.15) is 29.4 Å². The molecule has 0 aliphatic carbocycles. The zero-order valence-corrected chi connectivity index (χ0v) is 14.9. The molecule has 3 N–H and O–H groups in total. The Morgan fingerprint density at radius 1 is 0.963 bits per heavy atom. The van der Waals surface area contributed by atoms with E-state index in [1.54, 1.807) is 6.20 Å². The smallest absolute Gasteiger partial charge is 0.277 e. The fourth-order valence-corrected chi connectivity index (χ4v) is 3.15. The second-order valence-electron chi connectivity index (χ2n) is 6.59. The molecular formula is C20H22N6O. The van der Waals surface area contributed by atoms with Gasteiger partial charge in [0.05, 0.1) is 12.2 Å². The number of anilines is 3. The van der Waals surface area contributed by atoms with Crippen molar-refractivity contribution in [3.63, 3.8) is 0 Å². The van der Waals surface area contributed by atoms with E-state index in [4.69, 9.17) is 0 Å². The molecule has 0 atom stereocenters. The summed E-state index contributed by atoms with van der Waals surface area (Å²) in [5.41, 5.74) is 3.02. The van der Waals surface area contributed by atoms with E-state index in [0.717, 1.165) is 43.0 Å². The number of aromatic nitrogens is 3. The maximum absolute atomic E-state index is 12.4. The molecule has 4 rings (SSSR count). The molecule has 0 bridgehead atoms. The molecule has 1 aliphatic heterocycles. The van der Waals surface area contributed by atoms with Gasteiger partial charge in [-0.15, -0.1) is 5.10 Å². The Labute approximate surface area is 157 Å². The molecule has 1 aromatic heterocycles. The van der Waals surface area contributed by atoms with Gasteiger partial charge in [0.25, 0.3) is 5.91 Å². The summed E-state index contributed by atoms with van der Waals surface area (Å²) in [5.74, 6) is -0.251. The number of hydrogen-bond donors (Lipinski definition) is 3. The zero-order chi connectivity index (χ0) is 18.5. The number of amides is 1. The standard InChI is InChI=1S/C20H22N6O/c27-20(19-14-26(25-24-19)18-10-12-21-13-11-18)23-17-8-6-16(7-9-17)22-15-4-2-1-3-5-15/h1-9,14,18,21-22H,10-13H2,(H,23,27). The van der Waals surface area contributed by atoms with Crippen molar-refractivity contribution in [1.29, 1.82) is 0 Å². The number of rotatable bonds is 5. The van der Waals surface area contributed by atoms with Gasteiger partial charge >= 0.3 is 0 Å². The molecule has 0 saturated carbocycles. The SMILES string of the molecule is O=C(Nc1ccc(Nc2ccccc2)cc1)c1cn(C2CCNCC2)nn1. The lowest BCUT2D eigenvalue weighted by molar-refractivity contribution is 0.102. The predicted octanol–water partition coefficient (Wildman–Crippen LogP) is 3.20. The van der Waals surface area contributed by atoms with Crippen molar-refractivity contribution in [3.8, 4) is 0 Å². The maximum Gasteiger partial charge on any atom is 0.277 e. The minimum Gasteiger partial charge on any atom is -0.356 e. The Morgan fingerprint density at radius 3 is 2.37 bits per heavy atom. The van der Waals surface area contributed by atoms with Crippen LogP contribution in [0.5, 0.6) is 0 Å². The molecule has 0 spiro atoms. The molecule has 2 heterocycles. The van der Waals surface area contributed by atoms with Crippen molar-refractivity contribution >= 4 is 23.0 Å². The van der Waals surface area contributed by atoms with Gasteiger partial charge in [-0.3, -0.25) is 4.79 Å². The normalized spacial score (nSPS) is 14.7. The highest BCUT2D eigenvalue weighted by molar-refractivity contribution is 6.02. The van der Waals surface area contributed by atoms with Gasteiger partial charge in [0.15, 0.2) is 5.69 Å². The number of carbonyl (C=O) groups excluding carboxylic acids is 1. The van der Waals surface area contributed by atoms with Gasteiger partial charge < -0.3 is 16.0 Å². The van der Waals surface area contributed by atoms with E-state index >= 15 is 0 Å². The van der Waals surface area contributed by atoms with E-state index in [9.17, 15) is 4.79 Å². The summed E-state index contributed by atoms with van der Waals surface area (Å²) >= 11 is 0. The first-order valence-corrected chi connectivity index (χ1v) is 9.14. The summed E-state index contributed by atoms with van der Waals surface area (Å²) in [7, 11) is 0. The molecule has 7 nitrogen and oxygen atoms in total. The number of nitrogens with one attached hydrogen (secondary N) is 3. The molecule has 0 radical (unpaired) electrons. The van der Waals surface area contributed by atoms with E-state index < -0.39 is 0 Å². The van der Waals surface area contributed by atoms with Crippen molar-refractivity contribution in [2.24, 2.45) is 0 Å². The number of hydrogen-bond acceptors (Lipinski definition) is 5. The van der Waals surface area contributed by atoms with Crippen LogP contribution >= 0.6 is 0 Å². The molecule has 7 heteroatoms. The average molecular weight is 362 g/mol. The lowest BCUT2D eigenvalue weighted by atomic mass is 10.1. The van der Waals surface area contributed by atoms with Gasteiger partial charge in [-0.1, -0.05) is 23.4 Å². The van der Waals surface area contributed by atoms with Crippen LogP contribution in [0.15, 0.2) is 60.8 Å². The van der Waals surface area contributed by atoms with Gasteiger partial charge in [0, 0.05) is 17.1 Å². The molecule has 0 unspecified atom stereocenters. The summed E-state index contributed by atoms with van der Waals surface area (Å²) in [6.07, 6.45) is 3.73. The summed E-state index contributed by atoms with van der Waals surface area (Å²) in [4.78, 5) is 12.4. The monoisotopic (exact) mass is 362 g/mol. The molecule has 2 aromatic carbocycles. The average Bonchev–Trinajstić information content (AvgIpc) is 3.21. The van der Waals surface area contributed by atoms with Crippen LogP contribution in [0.3, 0.4) is 0 Å². The second-order valence-corrected chi connectivity index (χ2v) is 6.59. The Hall–Kier alpha value is -3.19. The second kappa shape index (κ2) is 8.01. The quantitative estimate of drug-likeness (QED) is 0.649. The molecule has 1 fully saturated rings. The topological polar surface area (TPSA) is 83.9 Å². The van der Waals surface area contributed by atoms with Gasteiger partial charge in [-0.05, 0) is 62.3 Å². The number of para-hydroxylation sites is 1. The molecule has 1 saturated heterocycles. The van der Waals surface area contributed by atoms with Crippen LogP contribution in [0.25, 0.3) is 0 Å². The number of carbonyl (C=O) groups is 1. The Balaban J connectivity index is 1.37. The lowest BCUT2D eigenvalue weighted by Gasteiger charge is -2.22. The molecule has 27 heavy (non-hydrogen) atoms. The Morgan fingerprint density at radius 2 is 1.63 bits per heavy atom. The third kappa shape index (κ3) is 4.32. The van der Waals surface area contributed by atoms with E-state index in [2.05, 4.69) is 26.3 Å². The molecule has 1 aliphatic rings. The van der Waals surface area contributed by atoms with Crippen LogP contribution in [0.2, 0.25) is 0 Å². The predicted molar refractivity (Wildman–Crippen MR) is 105 cm³/mol. The Kier molecular flexibility index (Phi) is 5.11. The number of nitrogens with zero attached hydrogens (tertiary/aromatic N) is 3. The van der Waals surface area contributed by atoms with Crippen molar-refractivity contribution in [1.82, 2.24) is 20.3 Å². The first-order chi connectivity index (χ1) is 13.3. The Bertz CT molecular complexity index is 884. The highest BCUT2D eigenvalue weighted by Gasteiger charge is 2.18. The van der Waals surface area contributed by atoms with Crippen LogP contribution in [0.4, 0.5) is 17.1 Å². The van der Waals surface area contributed by atoms with Gasteiger partial charge in [-0.25, -0.2) is 4.68 Å². The van der Waals surface area contributed by atoms with E-state index in [1.165, 1.54) is 0 Å². The fraction of sp³-hybridized carbons (Fsp3) is 0.250. The fourth-order valence-electron chi connectivity index (χ4n) is 3.15. The zero-order valence-electron chi connectivity index (χ0n) is 14.9. The van der Waals surface area contributed by atoms with Crippen LogP contribution in [-0.2, 0) is 0 Å². The third-order valence-corrected chi connectivity index (χ3v) is 4.63. The maximum atomic E-state index is 12.4. The van der Waals surface area contributed by atoms with E-state index in [-0.39, 0.29) is 5.91 Å². The molecular weight excluding hydrogens is 340 g/mol. The summed E-state index contributed by atoms with van der Waals surface area (Å²) in [6.45, 7) is 1.94. The van der Waals surface area contributed by atoms with Crippen LogP contribution < -0.4 is 16.0 Å². The van der Waals surface area contributed by atoms with E-state index in [0.29, 0.717) is 11.7 Å². The van der Waals surface area contributed by atoms with Gasteiger partial charge in [0.1, 0.15) is 0 Å². The molecule has 1 amide bonds. The van der Waals surface area contributed by atoms with Crippen molar-refractivity contribution in [3.05, 3.63) is 66.5 Å². The van der Waals surface area contributed by atoms with Crippen LogP contribution in [0, 0.1) is 0 Å². The molecule has 138 valence electrons. The van der Waals surface area contributed by atoms with Crippen molar-refractivity contribution in [2.75, 3.05) is 23.7 Å². The summed E-state index contributed by atoms with van der Waals surface area (Å²) in [5, 5.41) is 17.7. The lowest BCUT2D eigenvalue weighted by Crippen LogP contribution is -2.29. The van der Waals surface area contributed by atoms with Crippen LogP contribution in [-0.4, -0.2) is 34.0 Å². The third-order valence-electron chi connectivity index (χ3n) is 4.63. The summed E-state index contributed by atoms with van der Waals surface area (Å²) in [6, 6.07) is 17.8. The minimum absolute atomic E-state index is 0.251. The highest BCUT2D eigenvalue weighted by atomic mass is 16.2. The first-order valence-electron chi connectivity index (χ1n) is 9.14. The number of piperidine rings is 1. The minimum atomic E-state index is -0.251. The summed E-state index contributed by atoms with van der Waals surface area (Å²) < 4.78 is 1.81. The highest BCUT2D eigenvalue weighted by Crippen LogP contribution is 2.20. The van der Waals surface area contributed by atoms with E-state index in [1.807, 2.05) is 59.3 Å². The van der Waals surface area contributed by atoms with Gasteiger partial charge in [0.2, 0.25) is 0 Å². The van der Waals surface area contributed by atoms with Crippen molar-refractivity contribution < 1.29 is 4.79 Å². The largest absolute Gasteiger partial charge is 0.356 e. The van der Waals surface area contributed by atoms with Gasteiger partial charge in [-0.2, -0.15) is 0 Å².